The standard InChI is InChI=1S/C17H26N4O7/c1-17(2,3)28-16(23)20-6-8-27-7-5-19-14-12(21(24)25)9-11(15(18)22)10-13(14)26-4/h9-10,19H,5-8H2,1-4H3,(H2,18,22)(H,20,23). The van der Waals surface area contributed by atoms with Gasteiger partial charge in [0.2, 0.25) is 5.91 Å². The average Bonchev–Trinajstić information content (AvgIpc) is 2.58. The third kappa shape index (κ3) is 7.66. The number of nitrogens with one attached hydrogen (secondary N) is 2. The number of primary amides is 1. The minimum atomic E-state index is -0.797. The number of hydrogen-bond acceptors (Lipinski definition) is 8. The molecule has 2 amide bonds. The second kappa shape index (κ2) is 10.3. The fourth-order valence-corrected chi connectivity index (χ4v) is 2.12. The van der Waals surface area contributed by atoms with E-state index in [9.17, 15) is 19.7 Å². The summed E-state index contributed by atoms with van der Waals surface area (Å²) in [6, 6.07) is 2.40. The van der Waals surface area contributed by atoms with E-state index in [-0.39, 0.29) is 49.0 Å². The van der Waals surface area contributed by atoms with Crippen molar-refractivity contribution in [2.75, 3.05) is 38.7 Å². The molecule has 0 aliphatic rings. The normalized spacial score (nSPS) is 10.9. The predicted octanol–water partition coefficient (Wildman–Crippen LogP) is 1.66. The number of nitro benzene ring substituents is 1. The third-order valence-electron chi connectivity index (χ3n) is 3.25. The van der Waals surface area contributed by atoms with Crippen LogP contribution >= 0.6 is 0 Å². The highest BCUT2D eigenvalue weighted by molar-refractivity contribution is 5.95. The summed E-state index contributed by atoms with van der Waals surface area (Å²) >= 11 is 0. The molecule has 0 saturated heterocycles. The summed E-state index contributed by atoms with van der Waals surface area (Å²) in [6.07, 6.45) is -0.538. The first-order valence-electron chi connectivity index (χ1n) is 8.50. The van der Waals surface area contributed by atoms with E-state index in [0.29, 0.717) is 0 Å². The smallest absolute Gasteiger partial charge is 0.407 e. The molecule has 0 radical (unpaired) electrons. The summed E-state index contributed by atoms with van der Waals surface area (Å²) in [7, 11) is 1.33. The van der Waals surface area contributed by atoms with Crippen LogP contribution in [0.2, 0.25) is 0 Å². The Labute approximate surface area is 162 Å². The van der Waals surface area contributed by atoms with Crippen LogP contribution < -0.4 is 21.1 Å². The van der Waals surface area contributed by atoms with Gasteiger partial charge >= 0.3 is 6.09 Å². The van der Waals surface area contributed by atoms with Gasteiger partial charge in [0.05, 0.1) is 25.2 Å². The van der Waals surface area contributed by atoms with E-state index in [1.807, 2.05) is 0 Å². The molecule has 4 N–H and O–H groups in total. The third-order valence-corrected chi connectivity index (χ3v) is 3.25. The van der Waals surface area contributed by atoms with Crippen LogP contribution in [-0.2, 0) is 9.47 Å². The van der Waals surface area contributed by atoms with E-state index in [0.717, 1.165) is 6.07 Å². The molecule has 0 heterocycles. The lowest BCUT2D eigenvalue weighted by atomic mass is 10.1. The number of carbonyl (C=O) groups is 2. The van der Waals surface area contributed by atoms with Crippen LogP contribution in [0, 0.1) is 10.1 Å². The van der Waals surface area contributed by atoms with E-state index in [1.165, 1.54) is 13.2 Å². The van der Waals surface area contributed by atoms with Crippen molar-refractivity contribution >= 4 is 23.4 Å². The molecule has 0 aliphatic carbocycles. The molecule has 0 aromatic heterocycles. The molecular weight excluding hydrogens is 372 g/mol. The fourth-order valence-electron chi connectivity index (χ4n) is 2.12. The SMILES string of the molecule is COc1cc(C(N)=O)cc([N+](=O)[O-])c1NCCOCCNC(=O)OC(C)(C)C. The maximum Gasteiger partial charge on any atom is 0.407 e. The molecular formula is C17H26N4O7. The molecule has 0 aliphatic heterocycles. The molecule has 0 fully saturated rings. The molecule has 0 bridgehead atoms. The quantitative estimate of drug-likeness (QED) is 0.305. The largest absolute Gasteiger partial charge is 0.494 e. The van der Waals surface area contributed by atoms with Gasteiger partial charge < -0.3 is 30.6 Å². The van der Waals surface area contributed by atoms with Gasteiger partial charge in [0.15, 0.2) is 5.69 Å². The van der Waals surface area contributed by atoms with Crippen LogP contribution in [0.15, 0.2) is 12.1 Å². The van der Waals surface area contributed by atoms with Crippen molar-refractivity contribution in [3.05, 3.63) is 27.8 Å². The monoisotopic (exact) mass is 398 g/mol. The van der Waals surface area contributed by atoms with Crippen LogP contribution in [0.25, 0.3) is 0 Å². The zero-order valence-electron chi connectivity index (χ0n) is 16.4. The number of carbonyl (C=O) groups excluding carboxylic acids is 2. The highest BCUT2D eigenvalue weighted by atomic mass is 16.6. The van der Waals surface area contributed by atoms with Gasteiger partial charge in [-0.05, 0) is 26.8 Å². The van der Waals surface area contributed by atoms with Crippen LogP contribution in [-0.4, -0.2) is 55.9 Å². The Kier molecular flexibility index (Phi) is 8.45. The lowest BCUT2D eigenvalue weighted by Crippen LogP contribution is -2.34. The molecule has 11 heteroatoms. The number of benzene rings is 1. The van der Waals surface area contributed by atoms with Gasteiger partial charge in [0.25, 0.3) is 5.69 Å². The molecule has 1 rings (SSSR count). The number of alkyl carbamates (subject to hydrolysis) is 1. The molecule has 0 spiro atoms. The maximum atomic E-state index is 11.5. The number of nitrogens with zero attached hydrogens (tertiary/aromatic N) is 1. The number of methoxy groups -OCH3 is 1. The molecule has 0 saturated carbocycles. The number of hydrogen-bond donors (Lipinski definition) is 3. The summed E-state index contributed by atoms with van der Waals surface area (Å²) in [5, 5.41) is 16.7. The highest BCUT2D eigenvalue weighted by Gasteiger charge is 2.22. The van der Waals surface area contributed by atoms with Crippen LogP contribution in [0.5, 0.6) is 5.75 Å². The Morgan fingerprint density at radius 2 is 1.86 bits per heavy atom. The van der Waals surface area contributed by atoms with Crippen molar-refractivity contribution in [1.29, 1.82) is 0 Å². The van der Waals surface area contributed by atoms with Crippen molar-refractivity contribution in [1.82, 2.24) is 5.32 Å². The number of amides is 2. The van der Waals surface area contributed by atoms with Gasteiger partial charge in [-0.15, -0.1) is 0 Å². The first-order valence-corrected chi connectivity index (χ1v) is 8.50. The Morgan fingerprint density at radius 3 is 2.39 bits per heavy atom. The van der Waals surface area contributed by atoms with Crippen molar-refractivity contribution in [3.63, 3.8) is 0 Å². The second-order valence-electron chi connectivity index (χ2n) is 6.66. The number of nitro groups is 1. The van der Waals surface area contributed by atoms with E-state index in [4.69, 9.17) is 19.9 Å². The van der Waals surface area contributed by atoms with E-state index in [2.05, 4.69) is 10.6 Å². The zero-order valence-corrected chi connectivity index (χ0v) is 16.4. The Hall–Kier alpha value is -3.08. The average molecular weight is 398 g/mol. The summed E-state index contributed by atoms with van der Waals surface area (Å²) in [6.45, 7) is 6.23. The summed E-state index contributed by atoms with van der Waals surface area (Å²) in [5.74, 6) is -0.677. The van der Waals surface area contributed by atoms with E-state index in [1.54, 1.807) is 20.8 Å². The summed E-state index contributed by atoms with van der Waals surface area (Å²) in [5.41, 5.74) is 4.36. The summed E-state index contributed by atoms with van der Waals surface area (Å²) < 4.78 is 15.5. The van der Waals surface area contributed by atoms with Crippen molar-refractivity contribution in [2.45, 2.75) is 26.4 Å². The van der Waals surface area contributed by atoms with Gasteiger partial charge in [0.1, 0.15) is 11.4 Å². The molecule has 28 heavy (non-hydrogen) atoms. The maximum absolute atomic E-state index is 11.5. The zero-order chi connectivity index (χ0) is 21.3. The Bertz CT molecular complexity index is 716. The van der Waals surface area contributed by atoms with Crippen molar-refractivity contribution in [2.24, 2.45) is 5.73 Å². The molecule has 1 aromatic rings. The molecule has 1 aromatic carbocycles. The summed E-state index contributed by atoms with van der Waals surface area (Å²) in [4.78, 5) is 33.4. The molecule has 11 nitrogen and oxygen atoms in total. The highest BCUT2D eigenvalue weighted by Crippen LogP contribution is 2.35. The van der Waals surface area contributed by atoms with Gasteiger partial charge in [-0.2, -0.15) is 0 Å². The molecule has 0 atom stereocenters. The van der Waals surface area contributed by atoms with E-state index < -0.39 is 22.5 Å². The topological polar surface area (TPSA) is 155 Å². The predicted molar refractivity (Wildman–Crippen MR) is 102 cm³/mol. The number of nitrogens with two attached hydrogens (primary N) is 1. The number of ether oxygens (including phenoxy) is 3. The number of rotatable bonds is 10. The van der Waals surface area contributed by atoms with Gasteiger partial charge in [0, 0.05) is 24.7 Å². The van der Waals surface area contributed by atoms with E-state index >= 15 is 0 Å². The lowest BCUT2D eigenvalue weighted by molar-refractivity contribution is -0.384. The van der Waals surface area contributed by atoms with Gasteiger partial charge in [-0.1, -0.05) is 0 Å². The van der Waals surface area contributed by atoms with Crippen LogP contribution in [0.4, 0.5) is 16.2 Å². The second-order valence-corrected chi connectivity index (χ2v) is 6.66. The lowest BCUT2D eigenvalue weighted by Gasteiger charge is -2.19. The Morgan fingerprint density at radius 1 is 1.21 bits per heavy atom. The first-order chi connectivity index (χ1) is 13.0. The van der Waals surface area contributed by atoms with Crippen LogP contribution in [0.1, 0.15) is 31.1 Å². The van der Waals surface area contributed by atoms with Gasteiger partial charge in [-0.25, -0.2) is 4.79 Å². The number of anilines is 1. The van der Waals surface area contributed by atoms with Crippen molar-refractivity contribution < 1.29 is 28.7 Å². The minimum absolute atomic E-state index is 0.0291. The molecule has 0 unspecified atom stereocenters. The van der Waals surface area contributed by atoms with Crippen LogP contribution in [0.3, 0.4) is 0 Å². The first kappa shape index (κ1) is 23.0. The van der Waals surface area contributed by atoms with Gasteiger partial charge in [-0.3, -0.25) is 14.9 Å². The Balaban J connectivity index is 2.52. The molecule has 156 valence electrons. The van der Waals surface area contributed by atoms with Crippen molar-refractivity contribution in [3.8, 4) is 5.75 Å². The fraction of sp³-hybridized carbons (Fsp3) is 0.529. The minimum Gasteiger partial charge on any atom is -0.494 e.